The number of methoxy groups -OCH3 is 2. The lowest BCUT2D eigenvalue weighted by Crippen LogP contribution is -2.35. The van der Waals surface area contributed by atoms with Gasteiger partial charge in [0.1, 0.15) is 0 Å². The largest absolute Gasteiger partial charge is 0.493 e. The lowest BCUT2D eigenvalue weighted by atomic mass is 9.75. The van der Waals surface area contributed by atoms with E-state index in [0.29, 0.717) is 18.8 Å². The third-order valence-electron chi connectivity index (χ3n) is 4.78. The summed E-state index contributed by atoms with van der Waals surface area (Å²) in [5.41, 5.74) is 0.577. The molecule has 1 saturated carbocycles. The molecule has 1 aliphatic carbocycles. The van der Waals surface area contributed by atoms with Crippen molar-refractivity contribution in [3.8, 4) is 11.5 Å². The van der Waals surface area contributed by atoms with E-state index in [2.05, 4.69) is 0 Å². The fourth-order valence-electron chi connectivity index (χ4n) is 3.60. The van der Waals surface area contributed by atoms with Crippen molar-refractivity contribution in [2.45, 2.75) is 51.9 Å². The van der Waals surface area contributed by atoms with E-state index >= 15 is 0 Å². The van der Waals surface area contributed by atoms with Gasteiger partial charge in [0.15, 0.2) is 11.5 Å². The summed E-state index contributed by atoms with van der Waals surface area (Å²) >= 11 is 0. The first-order chi connectivity index (χ1) is 11.2. The number of esters is 1. The van der Waals surface area contributed by atoms with Crippen molar-refractivity contribution in [3.05, 3.63) is 23.8 Å². The maximum atomic E-state index is 12.7. The molecule has 0 aromatic heterocycles. The van der Waals surface area contributed by atoms with Crippen molar-refractivity contribution < 1.29 is 19.0 Å². The first kappa shape index (κ1) is 17.6. The molecular formula is C19H28O4. The van der Waals surface area contributed by atoms with E-state index < -0.39 is 5.41 Å². The molecule has 0 spiro atoms. The Morgan fingerprint density at radius 1 is 1.09 bits per heavy atom. The van der Waals surface area contributed by atoms with Crippen LogP contribution >= 0.6 is 0 Å². The Balaban J connectivity index is 2.36. The second-order valence-corrected chi connectivity index (χ2v) is 6.24. The van der Waals surface area contributed by atoms with E-state index in [9.17, 15) is 4.79 Å². The smallest absolute Gasteiger partial charge is 0.312 e. The van der Waals surface area contributed by atoms with E-state index in [4.69, 9.17) is 14.2 Å². The molecule has 0 amide bonds. The molecule has 0 aliphatic heterocycles. The number of carbonyl (C=O) groups is 1. The molecular weight excluding hydrogens is 292 g/mol. The Morgan fingerprint density at radius 2 is 1.78 bits per heavy atom. The normalized spacial score (nSPS) is 17.2. The molecule has 23 heavy (non-hydrogen) atoms. The number of hydrogen-bond acceptors (Lipinski definition) is 4. The van der Waals surface area contributed by atoms with Gasteiger partial charge in [-0.3, -0.25) is 4.79 Å². The summed E-state index contributed by atoms with van der Waals surface area (Å²) in [6.07, 6.45) is 6.94. The summed E-state index contributed by atoms with van der Waals surface area (Å²) in [7, 11) is 3.28. The predicted molar refractivity (Wildman–Crippen MR) is 90.0 cm³/mol. The van der Waals surface area contributed by atoms with Gasteiger partial charge in [-0.2, -0.15) is 0 Å². The number of benzene rings is 1. The minimum absolute atomic E-state index is 0.0632. The highest BCUT2D eigenvalue weighted by atomic mass is 16.5. The summed E-state index contributed by atoms with van der Waals surface area (Å²) in [4.78, 5) is 12.7. The van der Waals surface area contributed by atoms with E-state index in [0.717, 1.165) is 37.0 Å². The summed E-state index contributed by atoms with van der Waals surface area (Å²) in [5.74, 6) is 1.37. The minimum Gasteiger partial charge on any atom is -0.493 e. The average molecular weight is 320 g/mol. The van der Waals surface area contributed by atoms with Crippen LogP contribution in [0.2, 0.25) is 0 Å². The lowest BCUT2D eigenvalue weighted by molar-refractivity contribution is -0.156. The van der Waals surface area contributed by atoms with Crippen LogP contribution in [-0.4, -0.2) is 26.8 Å². The van der Waals surface area contributed by atoms with Crippen molar-refractivity contribution in [2.24, 2.45) is 5.41 Å². The zero-order valence-corrected chi connectivity index (χ0v) is 14.5. The van der Waals surface area contributed by atoms with Gasteiger partial charge in [-0.15, -0.1) is 0 Å². The van der Waals surface area contributed by atoms with Gasteiger partial charge in [0.25, 0.3) is 0 Å². The van der Waals surface area contributed by atoms with Crippen LogP contribution in [0.25, 0.3) is 0 Å². The van der Waals surface area contributed by atoms with Gasteiger partial charge in [-0.1, -0.05) is 37.8 Å². The van der Waals surface area contributed by atoms with Crippen LogP contribution in [0, 0.1) is 5.41 Å². The van der Waals surface area contributed by atoms with Crippen LogP contribution in [0.4, 0.5) is 0 Å². The fourth-order valence-corrected chi connectivity index (χ4v) is 3.60. The number of para-hydroxylation sites is 1. The van der Waals surface area contributed by atoms with E-state index in [1.807, 2.05) is 25.1 Å². The molecule has 0 N–H and O–H groups in total. The number of rotatable bonds is 6. The summed E-state index contributed by atoms with van der Waals surface area (Å²) in [6.45, 7) is 2.30. The molecule has 2 rings (SSSR count). The first-order valence-electron chi connectivity index (χ1n) is 8.54. The minimum atomic E-state index is -0.438. The lowest BCUT2D eigenvalue weighted by Gasteiger charge is -2.31. The molecule has 1 fully saturated rings. The van der Waals surface area contributed by atoms with Gasteiger partial charge in [0.2, 0.25) is 0 Å². The zero-order chi connectivity index (χ0) is 16.7. The second kappa shape index (κ2) is 8.23. The fraction of sp³-hybridized carbons (Fsp3) is 0.632. The zero-order valence-electron chi connectivity index (χ0n) is 14.5. The van der Waals surface area contributed by atoms with Crippen molar-refractivity contribution in [1.29, 1.82) is 0 Å². The third kappa shape index (κ3) is 3.98. The average Bonchev–Trinajstić information content (AvgIpc) is 2.81. The Kier molecular flexibility index (Phi) is 6.31. The van der Waals surface area contributed by atoms with Crippen LogP contribution in [0.15, 0.2) is 18.2 Å². The molecule has 0 saturated heterocycles. The van der Waals surface area contributed by atoms with Crippen LogP contribution < -0.4 is 9.47 Å². The van der Waals surface area contributed by atoms with Crippen LogP contribution in [0.1, 0.15) is 51.0 Å². The monoisotopic (exact) mass is 320 g/mol. The van der Waals surface area contributed by atoms with Gasteiger partial charge in [-0.25, -0.2) is 0 Å². The van der Waals surface area contributed by atoms with Crippen molar-refractivity contribution in [1.82, 2.24) is 0 Å². The van der Waals surface area contributed by atoms with E-state index in [1.165, 1.54) is 12.8 Å². The highest BCUT2D eigenvalue weighted by Crippen LogP contribution is 2.42. The summed E-state index contributed by atoms with van der Waals surface area (Å²) in [5, 5.41) is 0. The molecule has 4 nitrogen and oxygen atoms in total. The van der Waals surface area contributed by atoms with Crippen LogP contribution in [-0.2, 0) is 16.0 Å². The second-order valence-electron chi connectivity index (χ2n) is 6.24. The maximum Gasteiger partial charge on any atom is 0.312 e. The molecule has 0 heterocycles. The Morgan fingerprint density at radius 3 is 2.35 bits per heavy atom. The standard InChI is InChI=1S/C19H28O4/c1-4-23-18(20)19(12-7-5-6-8-13-19)14-15-10-9-11-16(21-2)17(15)22-3/h9-11H,4-8,12-14H2,1-3H3. The van der Waals surface area contributed by atoms with E-state index in [-0.39, 0.29) is 5.97 Å². The molecule has 1 aromatic rings. The molecule has 0 radical (unpaired) electrons. The number of hydrogen-bond donors (Lipinski definition) is 0. The topological polar surface area (TPSA) is 44.8 Å². The molecule has 1 aliphatic rings. The first-order valence-corrected chi connectivity index (χ1v) is 8.54. The van der Waals surface area contributed by atoms with E-state index in [1.54, 1.807) is 14.2 Å². The highest BCUT2D eigenvalue weighted by molar-refractivity contribution is 5.77. The SMILES string of the molecule is CCOC(=O)C1(Cc2cccc(OC)c2OC)CCCCCC1. The Labute approximate surface area is 139 Å². The van der Waals surface area contributed by atoms with Gasteiger partial charge in [0, 0.05) is 0 Å². The van der Waals surface area contributed by atoms with Gasteiger partial charge in [0.05, 0.1) is 26.2 Å². The van der Waals surface area contributed by atoms with Gasteiger partial charge >= 0.3 is 5.97 Å². The maximum absolute atomic E-state index is 12.7. The molecule has 4 heteroatoms. The van der Waals surface area contributed by atoms with Crippen LogP contribution in [0.3, 0.4) is 0 Å². The molecule has 128 valence electrons. The molecule has 0 bridgehead atoms. The number of carbonyl (C=O) groups excluding carboxylic acids is 1. The Bertz CT molecular complexity index is 516. The van der Waals surface area contributed by atoms with Gasteiger partial charge in [-0.05, 0) is 37.8 Å². The van der Waals surface area contributed by atoms with Crippen molar-refractivity contribution >= 4 is 5.97 Å². The summed E-state index contributed by atoms with van der Waals surface area (Å²) in [6, 6.07) is 5.85. The molecule has 1 aromatic carbocycles. The quantitative estimate of drug-likeness (QED) is 0.583. The van der Waals surface area contributed by atoms with Crippen molar-refractivity contribution in [3.63, 3.8) is 0 Å². The number of ether oxygens (including phenoxy) is 3. The third-order valence-corrected chi connectivity index (χ3v) is 4.78. The van der Waals surface area contributed by atoms with Crippen LogP contribution in [0.5, 0.6) is 11.5 Å². The summed E-state index contributed by atoms with van der Waals surface area (Å²) < 4.78 is 16.4. The van der Waals surface area contributed by atoms with Gasteiger partial charge < -0.3 is 14.2 Å². The molecule has 0 atom stereocenters. The van der Waals surface area contributed by atoms with Crippen molar-refractivity contribution in [2.75, 3.05) is 20.8 Å². The molecule has 0 unspecified atom stereocenters. The predicted octanol–water partition coefficient (Wildman–Crippen LogP) is 4.15. The Hall–Kier alpha value is -1.71. The highest BCUT2D eigenvalue weighted by Gasteiger charge is 2.40.